The van der Waals surface area contributed by atoms with Gasteiger partial charge in [0.25, 0.3) is 0 Å². The molecule has 0 aromatic heterocycles. The molecule has 2 fully saturated rings. The average molecular weight is 372 g/mol. The Bertz CT molecular complexity index is 752. The van der Waals surface area contributed by atoms with Gasteiger partial charge in [0.1, 0.15) is 12.4 Å². The first-order chi connectivity index (χ1) is 11.8. The number of anilines is 2. The molecule has 0 bridgehead atoms. The largest absolute Gasteiger partial charge is 0.447 e. The first kappa shape index (κ1) is 17.9. The molecule has 2 aliphatic rings. The number of benzene rings is 1. The third-order valence-corrected chi connectivity index (χ3v) is 4.90. The maximum Gasteiger partial charge on any atom is 0.414 e. The Labute approximate surface area is 146 Å². The van der Waals surface area contributed by atoms with E-state index in [2.05, 4.69) is 10.0 Å². The Morgan fingerprint density at radius 2 is 2.08 bits per heavy atom. The number of cyclic esters (lactones) is 1. The van der Waals surface area contributed by atoms with Crippen LogP contribution >= 0.6 is 0 Å². The number of hydrogen-bond donors (Lipinski definition) is 2. The van der Waals surface area contributed by atoms with E-state index in [9.17, 15) is 17.6 Å². The summed E-state index contributed by atoms with van der Waals surface area (Å²) in [6, 6.07) is 4.06. The Morgan fingerprint density at radius 1 is 1.36 bits per heavy atom. The SMILES string of the molecule is CS(=O)(=O)NCC1COC(=O)N1c1ccc(N2CCNCC2)c(F)c1. The van der Waals surface area contributed by atoms with Crippen molar-refractivity contribution >= 4 is 27.5 Å². The zero-order valence-corrected chi connectivity index (χ0v) is 14.7. The molecule has 1 aromatic carbocycles. The van der Waals surface area contributed by atoms with E-state index >= 15 is 0 Å². The van der Waals surface area contributed by atoms with E-state index in [0.29, 0.717) is 24.5 Å². The molecule has 2 saturated heterocycles. The fourth-order valence-corrected chi connectivity index (χ4v) is 3.48. The zero-order chi connectivity index (χ0) is 18.0. The number of carbonyl (C=O) groups excluding carboxylic acids is 1. The number of amides is 1. The number of piperazine rings is 1. The van der Waals surface area contributed by atoms with Gasteiger partial charge in [-0.2, -0.15) is 0 Å². The maximum atomic E-state index is 14.6. The average Bonchev–Trinajstić information content (AvgIpc) is 2.94. The van der Waals surface area contributed by atoms with Gasteiger partial charge in [-0.25, -0.2) is 22.3 Å². The van der Waals surface area contributed by atoms with Crippen LogP contribution in [0, 0.1) is 5.82 Å². The number of carbonyl (C=O) groups is 1. The highest BCUT2D eigenvalue weighted by molar-refractivity contribution is 7.88. The quantitative estimate of drug-likeness (QED) is 0.762. The highest BCUT2D eigenvalue weighted by Gasteiger charge is 2.35. The summed E-state index contributed by atoms with van der Waals surface area (Å²) in [4.78, 5) is 15.2. The Morgan fingerprint density at radius 3 is 2.72 bits per heavy atom. The van der Waals surface area contributed by atoms with E-state index < -0.39 is 28.0 Å². The highest BCUT2D eigenvalue weighted by Crippen LogP contribution is 2.29. The van der Waals surface area contributed by atoms with Crippen molar-refractivity contribution in [2.24, 2.45) is 0 Å². The van der Waals surface area contributed by atoms with E-state index in [1.165, 1.54) is 11.0 Å². The molecule has 25 heavy (non-hydrogen) atoms. The molecule has 2 heterocycles. The minimum atomic E-state index is -3.39. The van der Waals surface area contributed by atoms with Crippen LogP contribution in [-0.4, -0.2) is 66.1 Å². The van der Waals surface area contributed by atoms with Crippen molar-refractivity contribution in [1.29, 1.82) is 0 Å². The Hall–Kier alpha value is -1.91. The van der Waals surface area contributed by atoms with Gasteiger partial charge in [-0.1, -0.05) is 0 Å². The molecule has 0 spiro atoms. The van der Waals surface area contributed by atoms with Crippen molar-refractivity contribution in [3.05, 3.63) is 24.0 Å². The molecule has 0 radical (unpaired) electrons. The summed E-state index contributed by atoms with van der Waals surface area (Å²) in [5.41, 5.74) is 0.836. The summed E-state index contributed by atoms with van der Waals surface area (Å²) in [5.74, 6) is -0.422. The topological polar surface area (TPSA) is 91.0 Å². The van der Waals surface area contributed by atoms with Crippen LogP contribution in [0.5, 0.6) is 0 Å². The summed E-state index contributed by atoms with van der Waals surface area (Å²) < 4.78 is 44.4. The van der Waals surface area contributed by atoms with Crippen LogP contribution < -0.4 is 19.8 Å². The van der Waals surface area contributed by atoms with E-state index in [4.69, 9.17) is 4.74 Å². The van der Waals surface area contributed by atoms with E-state index in [1.54, 1.807) is 12.1 Å². The smallest absolute Gasteiger partial charge is 0.414 e. The Kier molecular flexibility index (Phi) is 5.11. The van der Waals surface area contributed by atoms with Gasteiger partial charge >= 0.3 is 6.09 Å². The molecule has 1 amide bonds. The zero-order valence-electron chi connectivity index (χ0n) is 13.9. The lowest BCUT2D eigenvalue weighted by molar-refractivity contribution is 0.179. The number of nitrogens with zero attached hydrogens (tertiary/aromatic N) is 2. The predicted octanol–water partition coefficient (Wildman–Crippen LogP) is 0.110. The number of nitrogens with one attached hydrogen (secondary N) is 2. The van der Waals surface area contributed by atoms with E-state index in [-0.39, 0.29) is 13.2 Å². The first-order valence-corrected chi connectivity index (χ1v) is 9.90. The van der Waals surface area contributed by atoms with Crippen LogP contribution in [0.4, 0.5) is 20.6 Å². The van der Waals surface area contributed by atoms with Gasteiger partial charge in [0, 0.05) is 32.7 Å². The minimum absolute atomic E-state index is 0.00569. The van der Waals surface area contributed by atoms with Crippen LogP contribution in [0.1, 0.15) is 0 Å². The van der Waals surface area contributed by atoms with Crippen LogP contribution in [0.15, 0.2) is 18.2 Å². The third kappa shape index (κ3) is 4.20. The van der Waals surface area contributed by atoms with Gasteiger partial charge in [-0.15, -0.1) is 0 Å². The predicted molar refractivity (Wildman–Crippen MR) is 91.9 cm³/mol. The van der Waals surface area contributed by atoms with Gasteiger partial charge in [0.2, 0.25) is 10.0 Å². The molecule has 1 unspecified atom stereocenters. The molecule has 1 aromatic rings. The summed E-state index contributed by atoms with van der Waals surface area (Å²) in [5, 5.41) is 3.21. The van der Waals surface area contributed by atoms with Gasteiger partial charge in [-0.05, 0) is 18.2 Å². The van der Waals surface area contributed by atoms with Crippen LogP contribution in [0.3, 0.4) is 0 Å². The fraction of sp³-hybridized carbons (Fsp3) is 0.533. The van der Waals surface area contributed by atoms with Gasteiger partial charge in [0.05, 0.1) is 23.7 Å². The second-order valence-electron chi connectivity index (χ2n) is 6.09. The molecule has 1 atom stereocenters. The molecule has 0 saturated carbocycles. The number of ether oxygens (including phenoxy) is 1. The van der Waals surface area contributed by atoms with E-state index in [1.807, 2.05) is 4.90 Å². The lowest BCUT2D eigenvalue weighted by Gasteiger charge is -2.30. The molecular weight excluding hydrogens is 351 g/mol. The van der Waals surface area contributed by atoms with Crippen molar-refractivity contribution in [1.82, 2.24) is 10.0 Å². The van der Waals surface area contributed by atoms with Crippen molar-refractivity contribution < 1.29 is 22.3 Å². The number of sulfonamides is 1. The van der Waals surface area contributed by atoms with Crippen molar-refractivity contribution in [2.75, 3.05) is 55.4 Å². The molecule has 2 aliphatic heterocycles. The number of halogens is 1. The minimum Gasteiger partial charge on any atom is -0.447 e. The van der Waals surface area contributed by atoms with Crippen molar-refractivity contribution in [2.45, 2.75) is 6.04 Å². The highest BCUT2D eigenvalue weighted by atomic mass is 32.2. The molecule has 8 nitrogen and oxygen atoms in total. The summed E-state index contributed by atoms with van der Waals surface area (Å²) in [6.45, 7) is 3.05. The second kappa shape index (κ2) is 7.14. The first-order valence-electron chi connectivity index (χ1n) is 8.01. The van der Waals surface area contributed by atoms with Crippen LogP contribution in [0.2, 0.25) is 0 Å². The molecule has 3 rings (SSSR count). The normalized spacial score (nSPS) is 21.5. The standard InChI is InChI=1S/C15H21FN4O4S/c1-25(22,23)18-9-12-10-24-15(21)20(12)11-2-3-14(13(16)8-11)19-6-4-17-5-7-19/h2-3,8,12,17-18H,4-7,9-10H2,1H3. The van der Waals surface area contributed by atoms with Crippen LogP contribution in [-0.2, 0) is 14.8 Å². The third-order valence-electron chi connectivity index (χ3n) is 4.21. The molecule has 0 aliphatic carbocycles. The maximum absolute atomic E-state index is 14.6. The lowest BCUT2D eigenvalue weighted by Crippen LogP contribution is -2.44. The summed E-state index contributed by atoms with van der Waals surface area (Å²) in [7, 11) is -3.39. The van der Waals surface area contributed by atoms with Gasteiger partial charge in [-0.3, -0.25) is 4.90 Å². The Balaban J connectivity index is 1.79. The van der Waals surface area contributed by atoms with Crippen molar-refractivity contribution in [3.63, 3.8) is 0 Å². The molecule has 10 heteroatoms. The fourth-order valence-electron chi connectivity index (χ4n) is 2.98. The van der Waals surface area contributed by atoms with Crippen molar-refractivity contribution in [3.8, 4) is 0 Å². The molecule has 2 N–H and O–H groups in total. The lowest BCUT2D eigenvalue weighted by atomic mass is 10.2. The number of rotatable bonds is 5. The van der Waals surface area contributed by atoms with Gasteiger partial charge < -0.3 is 15.0 Å². The molecule has 138 valence electrons. The molecular formula is C15H21FN4O4S. The number of hydrogen-bond acceptors (Lipinski definition) is 6. The monoisotopic (exact) mass is 372 g/mol. The van der Waals surface area contributed by atoms with Gasteiger partial charge in [0.15, 0.2) is 0 Å². The second-order valence-corrected chi connectivity index (χ2v) is 7.93. The van der Waals surface area contributed by atoms with Crippen LogP contribution in [0.25, 0.3) is 0 Å². The summed E-state index contributed by atoms with van der Waals surface area (Å²) in [6.07, 6.45) is 0.423. The summed E-state index contributed by atoms with van der Waals surface area (Å²) >= 11 is 0. The van der Waals surface area contributed by atoms with E-state index in [0.717, 1.165) is 19.3 Å².